The molecule has 1 radical (unpaired) electrons. The van der Waals surface area contributed by atoms with E-state index in [1.54, 1.807) is 28.2 Å². The van der Waals surface area contributed by atoms with Crippen LogP contribution in [0.3, 0.4) is 0 Å². The van der Waals surface area contributed by atoms with E-state index in [-0.39, 0.29) is 52.8 Å². The van der Waals surface area contributed by atoms with Gasteiger partial charge in [0.15, 0.2) is 0 Å². The summed E-state index contributed by atoms with van der Waals surface area (Å²) < 4.78 is 65.7. The van der Waals surface area contributed by atoms with Crippen LogP contribution in [0.1, 0.15) is 166 Å². The number of nitrogens with one attached hydrogen (secondary N) is 8. The number of hydrogen-bond donors (Lipinski definition) is 8. The maximum absolute atomic E-state index is 13.5. The van der Waals surface area contributed by atoms with Crippen LogP contribution in [0.5, 0.6) is 0 Å². The van der Waals surface area contributed by atoms with E-state index < -0.39 is 75.0 Å². The fourth-order valence-electron chi connectivity index (χ4n) is 4.13. The van der Waals surface area contributed by atoms with Crippen molar-refractivity contribution in [2.45, 2.75) is 210 Å². The van der Waals surface area contributed by atoms with Crippen LogP contribution >= 0.6 is 30.7 Å². The SMILES string of the molecule is CC(C)(C)NP(=O)(NC(C)(C)C)OP(=O)(NC(C)(C)C)NC(C)(C)C.CC(C)(C)NP(=O)(NC(C)(C)C)OP(=O)(NC(C)(C)C)NC(C)(C)C.CN(C)C=O.CN(C)C=O.O.O.[Cl-].[Cl-].[Mn+2]. The number of halogens is 2. The second kappa shape index (κ2) is 31.7. The van der Waals surface area contributed by atoms with Gasteiger partial charge >= 0.3 is 47.7 Å². The monoisotopic (exact) mass is 1100 g/mol. The van der Waals surface area contributed by atoms with Gasteiger partial charge < -0.3 is 45.6 Å². The van der Waals surface area contributed by atoms with Crippen LogP contribution in [0.4, 0.5) is 0 Å². The quantitative estimate of drug-likeness (QED) is 0.0692. The molecule has 401 valence electrons. The first kappa shape index (κ1) is 85.3. The Morgan fingerprint density at radius 1 is 0.323 bits per heavy atom. The van der Waals surface area contributed by atoms with Crippen molar-refractivity contribution in [1.82, 2.24) is 50.5 Å². The van der Waals surface area contributed by atoms with Gasteiger partial charge in [0.05, 0.1) is 0 Å². The number of hydrogen-bond acceptors (Lipinski definition) is 8. The Bertz CT molecular complexity index is 1210. The smallest absolute Gasteiger partial charge is 1.00 e. The summed E-state index contributed by atoms with van der Waals surface area (Å²) in [6.07, 6.45) is 1.50. The molecule has 0 bridgehead atoms. The maximum atomic E-state index is 13.5. The minimum absolute atomic E-state index is 0. The van der Waals surface area contributed by atoms with Crippen molar-refractivity contribution >= 4 is 43.5 Å². The van der Waals surface area contributed by atoms with Gasteiger partial charge in [0.25, 0.3) is 0 Å². The first-order valence-corrected chi connectivity index (χ1v) is 26.5. The van der Waals surface area contributed by atoms with Crippen LogP contribution < -0.4 is 65.5 Å². The van der Waals surface area contributed by atoms with Crippen molar-refractivity contribution in [3.63, 3.8) is 0 Å². The third kappa shape index (κ3) is 60.5. The van der Waals surface area contributed by atoms with E-state index in [1.165, 1.54) is 9.80 Å². The third-order valence-corrected chi connectivity index (χ3v) is 16.1. The minimum Gasteiger partial charge on any atom is -1.00 e. The van der Waals surface area contributed by atoms with E-state index in [2.05, 4.69) is 40.7 Å². The molecule has 0 fully saturated rings. The Morgan fingerprint density at radius 2 is 0.400 bits per heavy atom. The number of carbonyl (C=O) groups is 2. The fourth-order valence-corrected chi connectivity index (χ4v) is 15.3. The predicted molar refractivity (Wildman–Crippen MR) is 262 cm³/mol. The molecule has 0 rings (SSSR count). The van der Waals surface area contributed by atoms with E-state index >= 15 is 0 Å². The van der Waals surface area contributed by atoms with Crippen molar-refractivity contribution in [2.75, 3.05) is 28.2 Å². The van der Waals surface area contributed by atoms with Gasteiger partial charge in [0.1, 0.15) is 0 Å². The molecule has 0 saturated carbocycles. The van der Waals surface area contributed by atoms with E-state index in [9.17, 15) is 27.8 Å². The summed E-state index contributed by atoms with van der Waals surface area (Å²) in [5.41, 5.74) is -3.98. The molecule has 0 unspecified atom stereocenters. The number of carbonyl (C=O) groups excluding carboxylic acids is 2. The van der Waals surface area contributed by atoms with Gasteiger partial charge in [-0.3, -0.25) is 27.8 Å². The molecule has 0 aliphatic carbocycles. The van der Waals surface area contributed by atoms with Crippen molar-refractivity contribution in [3.8, 4) is 0 Å². The Morgan fingerprint density at radius 3 is 0.446 bits per heavy atom. The summed E-state index contributed by atoms with van der Waals surface area (Å²) in [4.78, 5) is 21.8. The predicted octanol–water partition coefficient (Wildman–Crippen LogP) is 1.31. The molecule has 0 aromatic carbocycles. The summed E-state index contributed by atoms with van der Waals surface area (Å²) in [5, 5.41) is 23.9. The van der Waals surface area contributed by atoms with Crippen LogP contribution in [0.15, 0.2) is 0 Å². The van der Waals surface area contributed by atoms with E-state index in [1.807, 2.05) is 166 Å². The van der Waals surface area contributed by atoms with Crippen LogP contribution in [-0.4, -0.2) is 106 Å². The molecule has 2 amide bonds. The van der Waals surface area contributed by atoms with Crippen molar-refractivity contribution in [1.29, 1.82) is 0 Å². The first-order chi connectivity index (χ1) is 25.6. The normalized spacial score (nSPS) is 13.0. The zero-order chi connectivity index (χ0) is 49.6. The molecule has 20 nitrogen and oxygen atoms in total. The summed E-state index contributed by atoms with van der Waals surface area (Å²) in [5.74, 6) is 0. The van der Waals surface area contributed by atoms with E-state index in [0.717, 1.165) is 12.8 Å². The first-order valence-electron chi connectivity index (χ1n) is 20.0. The van der Waals surface area contributed by atoms with Gasteiger partial charge in [-0.05, 0) is 166 Å². The minimum atomic E-state index is -3.64. The molecule has 0 aromatic rings. The standard InChI is InChI=1S/2C16H40N4O3P2.2C3H7NO.2ClH.Mn.2H2O/c2*1-13(2,3)17-24(21,18-14(4,5)6)23-25(22,19-15(7,8)9)20-16(10,11)12;2*1-4(2)3-5;;;;;/h2*1-12H3,(H2,17,18,21)(H2,19,20,22);2*3H,1-2H3;2*1H;;2*1H2/q;;;;;;+2;;/p-2. The van der Waals surface area contributed by atoms with Gasteiger partial charge in [-0.2, -0.15) is 0 Å². The zero-order valence-corrected chi connectivity index (χ0v) is 51.5. The molecule has 65 heavy (non-hydrogen) atoms. The number of amides is 2. The molecule has 0 heterocycles. The molecular formula is C38H98Cl2MnN10O10P4. The second-order valence-corrected chi connectivity index (χ2v) is 30.9. The average molecular weight is 1110 g/mol. The van der Waals surface area contributed by atoms with E-state index in [0.29, 0.717) is 0 Å². The largest absolute Gasteiger partial charge is 2.00 e. The summed E-state index contributed by atoms with van der Waals surface area (Å²) >= 11 is 0. The van der Waals surface area contributed by atoms with Crippen LogP contribution in [0.2, 0.25) is 0 Å². The summed E-state index contributed by atoms with van der Waals surface area (Å²) in [6, 6.07) is 0. The van der Waals surface area contributed by atoms with Gasteiger partial charge in [-0.25, -0.2) is 49.3 Å². The fraction of sp³-hybridized carbons (Fsp3) is 0.947. The Balaban J connectivity index is -0.000000107. The number of rotatable bonds is 14. The molecular weight excluding hydrogens is 1010 g/mol. The molecule has 27 heteroatoms. The molecule has 0 spiro atoms. The average Bonchev–Trinajstić information content (AvgIpc) is 2.78. The molecule has 0 saturated heterocycles. The Labute approximate surface area is 420 Å². The van der Waals surface area contributed by atoms with Crippen LogP contribution in [-0.2, 0) is 53.5 Å². The van der Waals surface area contributed by atoms with Crippen LogP contribution in [0, 0.1) is 0 Å². The van der Waals surface area contributed by atoms with Crippen molar-refractivity contribution in [3.05, 3.63) is 0 Å². The summed E-state index contributed by atoms with van der Waals surface area (Å²) in [6.45, 7) is 45.2. The maximum Gasteiger partial charge on any atom is 2.00 e. The third-order valence-electron chi connectivity index (χ3n) is 4.74. The molecule has 12 N–H and O–H groups in total. The molecule has 0 aromatic heterocycles. The van der Waals surface area contributed by atoms with Gasteiger partial charge in [0, 0.05) is 72.5 Å². The van der Waals surface area contributed by atoms with Gasteiger partial charge in [-0.1, -0.05) is 0 Å². The van der Waals surface area contributed by atoms with Crippen LogP contribution in [0.25, 0.3) is 0 Å². The van der Waals surface area contributed by atoms with Crippen molar-refractivity contribution < 1.29 is 89.3 Å². The zero-order valence-electron chi connectivity index (χ0n) is 45.2. The topological polar surface area (TPSA) is 287 Å². The summed E-state index contributed by atoms with van der Waals surface area (Å²) in [7, 11) is -7.83. The number of nitrogens with zero attached hydrogens (tertiary/aromatic N) is 2. The van der Waals surface area contributed by atoms with Gasteiger partial charge in [-0.15, -0.1) is 0 Å². The molecule has 0 atom stereocenters. The van der Waals surface area contributed by atoms with E-state index in [4.69, 9.17) is 8.62 Å². The molecule has 0 aliphatic rings. The van der Waals surface area contributed by atoms with Crippen molar-refractivity contribution in [2.24, 2.45) is 0 Å². The Kier molecular flexibility index (Phi) is 41.7. The molecule has 0 aliphatic heterocycles. The second-order valence-electron chi connectivity index (χ2n) is 23.4. The van der Waals surface area contributed by atoms with Gasteiger partial charge in [0.2, 0.25) is 12.8 Å². The Hall–Kier alpha value is 0.479.